The molecule has 1 unspecified atom stereocenters. The smallest absolute Gasteiger partial charge is 0.340 e. The minimum Gasteiger partial charge on any atom is -0.456 e. The maximum absolute atomic E-state index is 13.7. The Bertz CT molecular complexity index is 688. The Morgan fingerprint density at radius 3 is 2.62 bits per heavy atom. The van der Waals surface area contributed by atoms with Crippen LogP contribution in [0.25, 0.3) is 0 Å². The molecule has 6 nitrogen and oxygen atoms in total. The van der Waals surface area contributed by atoms with Crippen molar-refractivity contribution in [3.05, 3.63) is 27.5 Å². The van der Waals surface area contributed by atoms with Gasteiger partial charge in [-0.1, -0.05) is 23.2 Å². The van der Waals surface area contributed by atoms with Gasteiger partial charge in [-0.25, -0.2) is 22.7 Å². The molecule has 1 aliphatic heterocycles. The largest absolute Gasteiger partial charge is 0.456 e. The van der Waals surface area contributed by atoms with Crippen molar-refractivity contribution in [3.63, 3.8) is 0 Å². The molecule has 0 bridgehead atoms. The lowest BCUT2D eigenvalue weighted by Crippen LogP contribution is -2.20. The molecule has 0 saturated carbocycles. The molecule has 1 aromatic rings. The van der Waals surface area contributed by atoms with Crippen LogP contribution in [0.1, 0.15) is 16.8 Å². The summed E-state index contributed by atoms with van der Waals surface area (Å²) < 4.78 is 46.6. The molecule has 1 saturated heterocycles. The molecule has 0 radical (unpaired) electrons. The number of carbonyl (C=O) groups excluding carboxylic acids is 1. The van der Waals surface area contributed by atoms with Gasteiger partial charge in [-0.2, -0.15) is 0 Å². The fourth-order valence-corrected chi connectivity index (χ4v) is 3.58. The summed E-state index contributed by atoms with van der Waals surface area (Å²) in [5.74, 6) is -2.12. The fraction of sp³-hybridized carbons (Fsp3) is 0.364. The lowest BCUT2D eigenvalue weighted by molar-refractivity contribution is 0.0270. The summed E-state index contributed by atoms with van der Waals surface area (Å²) in [6.45, 7) is 0.643. The highest BCUT2D eigenvalue weighted by molar-refractivity contribution is 7.89. The van der Waals surface area contributed by atoms with Crippen molar-refractivity contribution < 1.29 is 27.1 Å². The van der Waals surface area contributed by atoms with Crippen molar-refractivity contribution in [2.75, 3.05) is 13.2 Å². The number of benzene rings is 1. The Labute approximate surface area is 130 Å². The van der Waals surface area contributed by atoms with Gasteiger partial charge in [0.2, 0.25) is 10.0 Å². The standard InChI is InChI=1S/C11H10Cl2FNO5S/c12-8-6(11(16)20-5-1-2-19-4-5)3-7(14)9(13)10(8)21(15,17)18/h3,5H,1-2,4H2,(H2,15,17,18). The molecule has 0 aromatic heterocycles. The molecule has 0 amide bonds. The minimum absolute atomic E-state index is 0.210. The molecule has 10 heteroatoms. The molecular formula is C11H10Cl2FNO5S. The van der Waals surface area contributed by atoms with E-state index >= 15 is 0 Å². The number of hydrogen-bond donors (Lipinski definition) is 1. The first kappa shape index (κ1) is 16.4. The highest BCUT2D eigenvalue weighted by atomic mass is 35.5. The summed E-state index contributed by atoms with van der Waals surface area (Å²) in [7, 11) is -4.41. The molecule has 1 atom stereocenters. The molecular weight excluding hydrogens is 348 g/mol. The van der Waals surface area contributed by atoms with Gasteiger partial charge in [0.25, 0.3) is 0 Å². The average molecular weight is 358 g/mol. The van der Waals surface area contributed by atoms with E-state index in [2.05, 4.69) is 0 Å². The van der Waals surface area contributed by atoms with E-state index in [4.69, 9.17) is 37.8 Å². The van der Waals surface area contributed by atoms with Crippen molar-refractivity contribution in [3.8, 4) is 0 Å². The summed E-state index contributed by atoms with van der Waals surface area (Å²) in [5, 5.41) is 3.57. The van der Waals surface area contributed by atoms with E-state index in [1.807, 2.05) is 0 Å². The number of carbonyl (C=O) groups is 1. The van der Waals surface area contributed by atoms with E-state index in [9.17, 15) is 17.6 Å². The van der Waals surface area contributed by atoms with Crippen LogP contribution in [0.2, 0.25) is 10.0 Å². The lowest BCUT2D eigenvalue weighted by atomic mass is 10.2. The molecule has 21 heavy (non-hydrogen) atoms. The number of primary sulfonamides is 1. The van der Waals surface area contributed by atoms with Crippen molar-refractivity contribution in [1.82, 2.24) is 0 Å². The van der Waals surface area contributed by atoms with Crippen molar-refractivity contribution in [2.24, 2.45) is 5.14 Å². The maximum atomic E-state index is 13.7. The Kier molecular flexibility index (Phi) is 4.74. The van der Waals surface area contributed by atoms with Crippen LogP contribution in [0.15, 0.2) is 11.0 Å². The predicted molar refractivity (Wildman–Crippen MR) is 72.4 cm³/mol. The molecule has 1 fully saturated rings. The first-order chi connectivity index (χ1) is 9.71. The molecule has 0 aliphatic carbocycles. The summed E-state index contributed by atoms with van der Waals surface area (Å²) >= 11 is 11.3. The Morgan fingerprint density at radius 1 is 1.43 bits per heavy atom. The van der Waals surface area contributed by atoms with E-state index in [0.717, 1.165) is 0 Å². The topological polar surface area (TPSA) is 95.7 Å². The molecule has 2 rings (SSSR count). The van der Waals surface area contributed by atoms with Crippen LogP contribution in [-0.2, 0) is 19.5 Å². The van der Waals surface area contributed by atoms with Crippen LogP contribution < -0.4 is 5.14 Å². The molecule has 2 N–H and O–H groups in total. The van der Waals surface area contributed by atoms with Gasteiger partial charge >= 0.3 is 5.97 Å². The zero-order valence-corrected chi connectivity index (χ0v) is 12.8. The number of halogens is 3. The number of sulfonamides is 1. The quantitative estimate of drug-likeness (QED) is 0.656. The summed E-state index contributed by atoms with van der Waals surface area (Å²) in [5.41, 5.74) is -0.463. The molecule has 1 aromatic carbocycles. The maximum Gasteiger partial charge on any atom is 0.340 e. The second-order valence-corrected chi connectivity index (χ2v) is 6.55. The van der Waals surface area contributed by atoms with Gasteiger partial charge in [0.15, 0.2) is 0 Å². The van der Waals surface area contributed by atoms with Crippen LogP contribution in [-0.4, -0.2) is 33.7 Å². The number of nitrogens with two attached hydrogens (primary N) is 1. The second-order valence-electron chi connectivity index (χ2n) is 4.30. The van der Waals surface area contributed by atoms with Crippen LogP contribution in [0.5, 0.6) is 0 Å². The third-order valence-corrected chi connectivity index (χ3v) is 4.75. The van der Waals surface area contributed by atoms with Crippen LogP contribution >= 0.6 is 23.2 Å². The minimum atomic E-state index is -4.41. The lowest BCUT2D eigenvalue weighted by Gasteiger charge is -2.13. The van der Waals surface area contributed by atoms with Crippen LogP contribution in [0, 0.1) is 5.82 Å². The molecule has 1 aliphatic rings. The van der Waals surface area contributed by atoms with Gasteiger partial charge in [-0.15, -0.1) is 0 Å². The second kappa shape index (κ2) is 6.05. The zero-order chi connectivity index (χ0) is 15.8. The van der Waals surface area contributed by atoms with Gasteiger partial charge in [0.1, 0.15) is 16.8 Å². The summed E-state index contributed by atoms with van der Waals surface area (Å²) in [6.07, 6.45) is -0.00757. The molecule has 1 heterocycles. The SMILES string of the molecule is NS(=O)(=O)c1c(Cl)c(F)cc(C(=O)OC2CCOC2)c1Cl. The Morgan fingerprint density at radius 2 is 2.10 bits per heavy atom. The third kappa shape index (κ3) is 3.46. The summed E-state index contributed by atoms with van der Waals surface area (Å²) in [6, 6.07) is 0.706. The van der Waals surface area contributed by atoms with E-state index in [1.54, 1.807) is 0 Å². The third-order valence-electron chi connectivity index (χ3n) is 2.78. The average Bonchev–Trinajstić information content (AvgIpc) is 2.85. The molecule has 0 spiro atoms. The van der Waals surface area contributed by atoms with Gasteiger partial charge in [0.05, 0.1) is 28.8 Å². The van der Waals surface area contributed by atoms with Crippen molar-refractivity contribution in [1.29, 1.82) is 0 Å². The van der Waals surface area contributed by atoms with Gasteiger partial charge in [-0.05, 0) is 6.07 Å². The van der Waals surface area contributed by atoms with Crippen LogP contribution in [0.4, 0.5) is 4.39 Å². The summed E-state index contributed by atoms with van der Waals surface area (Å²) in [4.78, 5) is 11.1. The van der Waals surface area contributed by atoms with E-state index in [0.29, 0.717) is 19.1 Å². The van der Waals surface area contributed by atoms with Crippen LogP contribution in [0.3, 0.4) is 0 Å². The highest BCUT2D eigenvalue weighted by Crippen LogP contribution is 2.34. The normalized spacial score (nSPS) is 18.8. The number of rotatable bonds is 3. The Hall–Kier alpha value is -0.930. The van der Waals surface area contributed by atoms with Gasteiger partial charge < -0.3 is 9.47 Å². The highest BCUT2D eigenvalue weighted by Gasteiger charge is 2.29. The number of hydrogen-bond acceptors (Lipinski definition) is 5. The predicted octanol–water partition coefficient (Wildman–Crippen LogP) is 1.73. The number of ether oxygens (including phenoxy) is 2. The molecule has 116 valence electrons. The first-order valence-corrected chi connectivity index (χ1v) is 8.01. The first-order valence-electron chi connectivity index (χ1n) is 5.71. The van der Waals surface area contributed by atoms with Gasteiger partial charge in [0, 0.05) is 6.42 Å². The van der Waals surface area contributed by atoms with E-state index < -0.39 is 48.4 Å². The Balaban J connectivity index is 2.44. The van der Waals surface area contributed by atoms with Crippen molar-refractivity contribution in [2.45, 2.75) is 17.4 Å². The number of esters is 1. The van der Waals surface area contributed by atoms with Gasteiger partial charge in [-0.3, -0.25) is 0 Å². The zero-order valence-electron chi connectivity index (χ0n) is 10.4. The monoisotopic (exact) mass is 357 g/mol. The fourth-order valence-electron chi connectivity index (χ4n) is 1.80. The van der Waals surface area contributed by atoms with Crippen molar-refractivity contribution >= 4 is 39.2 Å². The van der Waals surface area contributed by atoms with E-state index in [1.165, 1.54) is 0 Å². The van der Waals surface area contributed by atoms with E-state index in [-0.39, 0.29) is 6.61 Å².